The highest BCUT2D eigenvalue weighted by atomic mass is 32.1. The summed E-state index contributed by atoms with van der Waals surface area (Å²) >= 11 is 1.64. The van der Waals surface area contributed by atoms with Gasteiger partial charge in [0, 0.05) is 23.5 Å². The Bertz CT molecular complexity index is 799. The van der Waals surface area contributed by atoms with Crippen molar-refractivity contribution in [1.29, 1.82) is 0 Å². The van der Waals surface area contributed by atoms with E-state index in [9.17, 15) is 4.79 Å². The van der Waals surface area contributed by atoms with Crippen molar-refractivity contribution in [3.05, 3.63) is 40.8 Å². The Morgan fingerprint density at radius 2 is 2.00 bits per heavy atom. The number of thiophene rings is 1. The third-order valence-electron chi connectivity index (χ3n) is 3.93. The van der Waals surface area contributed by atoms with Gasteiger partial charge < -0.3 is 19.1 Å². The molecule has 2 aliphatic heterocycles. The van der Waals surface area contributed by atoms with Crippen molar-refractivity contribution in [2.75, 3.05) is 38.0 Å². The van der Waals surface area contributed by atoms with Crippen LogP contribution in [0.2, 0.25) is 0 Å². The summed E-state index contributed by atoms with van der Waals surface area (Å²) in [4.78, 5) is 15.4. The van der Waals surface area contributed by atoms with E-state index in [2.05, 4.69) is 21.5 Å². The average molecular weight is 359 g/mol. The van der Waals surface area contributed by atoms with Gasteiger partial charge in [-0.25, -0.2) is 5.43 Å². The van der Waals surface area contributed by atoms with Gasteiger partial charge in [-0.05, 0) is 30.3 Å². The van der Waals surface area contributed by atoms with Crippen LogP contribution in [0.3, 0.4) is 0 Å². The van der Waals surface area contributed by atoms with Crippen LogP contribution in [0.1, 0.15) is 15.2 Å². The van der Waals surface area contributed by atoms with Crippen LogP contribution >= 0.6 is 11.3 Å². The minimum atomic E-state index is -0.292. The number of amides is 1. The second-order valence-corrected chi connectivity index (χ2v) is 6.64. The standard InChI is InChI=1S/C17H17N3O4S/c21-17(12-1-3-14-15(9-12)24-11-23-14)19-18-10-13-2-4-16(25-13)20-5-7-22-8-6-20/h1-4,9-10H,5-8,11H2,(H,19,21)/b18-10-. The number of benzene rings is 1. The molecule has 8 heteroatoms. The Hall–Kier alpha value is -2.58. The predicted molar refractivity (Wildman–Crippen MR) is 95.0 cm³/mol. The van der Waals surface area contributed by atoms with Crippen molar-refractivity contribution >= 4 is 28.5 Å². The van der Waals surface area contributed by atoms with Crippen LogP contribution < -0.4 is 19.8 Å². The van der Waals surface area contributed by atoms with Crippen LogP contribution in [-0.4, -0.2) is 45.2 Å². The quantitative estimate of drug-likeness (QED) is 0.668. The smallest absolute Gasteiger partial charge is 0.271 e. The number of hydrogen-bond donors (Lipinski definition) is 1. The molecular weight excluding hydrogens is 342 g/mol. The van der Waals surface area contributed by atoms with E-state index in [4.69, 9.17) is 14.2 Å². The summed E-state index contributed by atoms with van der Waals surface area (Å²) < 4.78 is 15.9. The van der Waals surface area contributed by atoms with Gasteiger partial charge in [-0.3, -0.25) is 4.79 Å². The fraction of sp³-hybridized carbons (Fsp3) is 0.294. The number of nitrogens with one attached hydrogen (secondary N) is 1. The lowest BCUT2D eigenvalue weighted by molar-refractivity contribution is 0.0954. The van der Waals surface area contributed by atoms with Crippen LogP contribution in [0.5, 0.6) is 11.5 Å². The molecule has 7 nitrogen and oxygen atoms in total. The molecule has 0 aliphatic carbocycles. The number of carbonyl (C=O) groups is 1. The maximum Gasteiger partial charge on any atom is 0.271 e. The minimum absolute atomic E-state index is 0.183. The van der Waals surface area contributed by atoms with Gasteiger partial charge in [0.2, 0.25) is 6.79 Å². The molecule has 0 saturated carbocycles. The van der Waals surface area contributed by atoms with Crippen molar-refractivity contribution in [2.45, 2.75) is 0 Å². The molecule has 1 saturated heterocycles. The maximum atomic E-state index is 12.1. The number of morpholine rings is 1. The van der Waals surface area contributed by atoms with Crippen LogP contribution in [0.15, 0.2) is 35.4 Å². The number of carbonyl (C=O) groups excluding carboxylic acids is 1. The van der Waals surface area contributed by atoms with Gasteiger partial charge in [-0.2, -0.15) is 5.10 Å². The topological polar surface area (TPSA) is 72.4 Å². The molecular formula is C17H17N3O4S. The van der Waals surface area contributed by atoms with E-state index in [0.29, 0.717) is 17.1 Å². The van der Waals surface area contributed by atoms with Gasteiger partial charge in [0.15, 0.2) is 11.5 Å². The largest absolute Gasteiger partial charge is 0.454 e. The molecule has 25 heavy (non-hydrogen) atoms. The first kappa shape index (κ1) is 15.9. The maximum absolute atomic E-state index is 12.1. The summed E-state index contributed by atoms with van der Waals surface area (Å²) in [6.45, 7) is 3.50. The SMILES string of the molecule is O=C(N/N=C\c1ccc(N2CCOCC2)s1)c1ccc2c(c1)OCO2. The van der Waals surface area contributed by atoms with Crippen LogP contribution in [0.4, 0.5) is 5.00 Å². The van der Waals surface area contributed by atoms with Gasteiger partial charge >= 0.3 is 0 Å². The molecule has 0 radical (unpaired) electrons. The lowest BCUT2D eigenvalue weighted by Crippen LogP contribution is -2.35. The second kappa shape index (κ2) is 7.12. The molecule has 1 aromatic heterocycles. The zero-order chi connectivity index (χ0) is 17.1. The zero-order valence-electron chi connectivity index (χ0n) is 13.4. The molecule has 1 amide bonds. The number of nitrogens with zero attached hydrogens (tertiary/aromatic N) is 2. The van der Waals surface area contributed by atoms with E-state index < -0.39 is 0 Å². The summed E-state index contributed by atoms with van der Waals surface area (Å²) in [5.41, 5.74) is 3.01. The average Bonchev–Trinajstić information content (AvgIpc) is 3.31. The number of rotatable bonds is 4. The van der Waals surface area contributed by atoms with E-state index in [1.807, 2.05) is 6.07 Å². The normalized spacial score (nSPS) is 16.4. The molecule has 1 fully saturated rings. The Morgan fingerprint density at radius 3 is 2.88 bits per heavy atom. The summed E-state index contributed by atoms with van der Waals surface area (Å²) in [6.07, 6.45) is 1.65. The molecule has 0 atom stereocenters. The van der Waals surface area contributed by atoms with Gasteiger partial charge in [-0.15, -0.1) is 11.3 Å². The molecule has 0 bridgehead atoms. The monoisotopic (exact) mass is 359 g/mol. The van der Waals surface area contributed by atoms with E-state index >= 15 is 0 Å². The first-order valence-electron chi connectivity index (χ1n) is 7.95. The first-order chi connectivity index (χ1) is 12.3. The van der Waals surface area contributed by atoms with Crippen LogP contribution in [0, 0.1) is 0 Å². The van der Waals surface area contributed by atoms with E-state index in [1.54, 1.807) is 35.8 Å². The van der Waals surface area contributed by atoms with Gasteiger partial charge in [0.05, 0.1) is 24.4 Å². The van der Waals surface area contributed by atoms with E-state index in [1.165, 1.54) is 5.00 Å². The van der Waals surface area contributed by atoms with Crippen molar-refractivity contribution in [3.63, 3.8) is 0 Å². The Labute approximate surface area is 148 Å². The third-order valence-corrected chi connectivity index (χ3v) is 5.01. The van der Waals surface area contributed by atoms with Crippen molar-refractivity contribution in [3.8, 4) is 11.5 Å². The fourth-order valence-electron chi connectivity index (χ4n) is 2.62. The molecule has 2 aromatic rings. The second-order valence-electron chi connectivity index (χ2n) is 5.54. The molecule has 0 unspecified atom stereocenters. The first-order valence-corrected chi connectivity index (χ1v) is 8.77. The van der Waals surface area contributed by atoms with Crippen molar-refractivity contribution in [2.24, 2.45) is 5.10 Å². The highest BCUT2D eigenvalue weighted by Gasteiger charge is 2.16. The molecule has 1 aromatic carbocycles. The van der Waals surface area contributed by atoms with Crippen molar-refractivity contribution in [1.82, 2.24) is 5.43 Å². The van der Waals surface area contributed by atoms with E-state index in [-0.39, 0.29) is 12.7 Å². The number of hydrazone groups is 1. The molecule has 0 spiro atoms. The summed E-state index contributed by atoms with van der Waals surface area (Å²) in [5.74, 6) is 0.929. The molecule has 2 aliphatic rings. The highest BCUT2D eigenvalue weighted by Crippen LogP contribution is 2.32. The number of fused-ring (bicyclic) bond motifs is 1. The van der Waals surface area contributed by atoms with Crippen LogP contribution in [-0.2, 0) is 4.74 Å². The fourth-order valence-corrected chi connectivity index (χ4v) is 3.55. The number of hydrogen-bond acceptors (Lipinski definition) is 7. The molecule has 130 valence electrons. The summed E-state index contributed by atoms with van der Waals surface area (Å²) in [5, 5.41) is 5.23. The lowest BCUT2D eigenvalue weighted by Gasteiger charge is -2.27. The Morgan fingerprint density at radius 1 is 1.16 bits per heavy atom. The van der Waals surface area contributed by atoms with E-state index in [0.717, 1.165) is 31.2 Å². The third kappa shape index (κ3) is 3.59. The van der Waals surface area contributed by atoms with Gasteiger partial charge in [0.25, 0.3) is 5.91 Å². The molecule has 4 rings (SSSR count). The van der Waals surface area contributed by atoms with Crippen LogP contribution in [0.25, 0.3) is 0 Å². The van der Waals surface area contributed by atoms with Crippen molar-refractivity contribution < 1.29 is 19.0 Å². The van der Waals surface area contributed by atoms with Gasteiger partial charge in [-0.1, -0.05) is 0 Å². The minimum Gasteiger partial charge on any atom is -0.454 e. The Kier molecular flexibility index (Phi) is 4.53. The zero-order valence-corrected chi connectivity index (χ0v) is 14.3. The number of anilines is 1. The Balaban J connectivity index is 1.36. The lowest BCUT2D eigenvalue weighted by atomic mass is 10.2. The molecule has 1 N–H and O–H groups in total. The van der Waals surface area contributed by atoms with Gasteiger partial charge in [0.1, 0.15) is 0 Å². The predicted octanol–water partition coefficient (Wildman–Crippen LogP) is 2.08. The highest BCUT2D eigenvalue weighted by molar-refractivity contribution is 7.17. The molecule has 3 heterocycles. The number of ether oxygens (including phenoxy) is 3. The summed E-state index contributed by atoms with van der Waals surface area (Å²) in [6, 6.07) is 9.10. The summed E-state index contributed by atoms with van der Waals surface area (Å²) in [7, 11) is 0.